The lowest BCUT2D eigenvalue weighted by Gasteiger charge is -2.38. The number of nitrogens with zero attached hydrogens (tertiary/aromatic N) is 2. The van der Waals surface area contributed by atoms with E-state index in [0.29, 0.717) is 18.0 Å². The number of anilines is 1. The molecule has 1 aromatic rings. The number of carbonyl (C=O) groups excluding carboxylic acids is 1. The van der Waals surface area contributed by atoms with Crippen LogP contribution in [0.5, 0.6) is 0 Å². The number of ether oxygens (including phenoxy) is 1. The Labute approximate surface area is 156 Å². The number of hydrogen-bond acceptors (Lipinski definition) is 4. The van der Waals surface area contributed by atoms with Crippen LogP contribution in [0.1, 0.15) is 25.7 Å². The van der Waals surface area contributed by atoms with E-state index < -0.39 is 0 Å². The average molecular weight is 357 g/mol. The van der Waals surface area contributed by atoms with E-state index in [-0.39, 0.29) is 12.5 Å². The quantitative estimate of drug-likeness (QED) is 0.847. The highest BCUT2D eigenvalue weighted by Crippen LogP contribution is 2.42. The molecule has 2 atom stereocenters. The van der Waals surface area contributed by atoms with E-state index in [0.717, 1.165) is 32.1 Å². The summed E-state index contributed by atoms with van der Waals surface area (Å²) in [7, 11) is 1.58. The lowest BCUT2D eigenvalue weighted by molar-refractivity contribution is -0.125. The first kappa shape index (κ1) is 17.8. The predicted octanol–water partition coefficient (Wildman–Crippen LogP) is 2.13. The van der Waals surface area contributed by atoms with Gasteiger partial charge in [-0.05, 0) is 49.7 Å². The number of para-hydroxylation sites is 1. The van der Waals surface area contributed by atoms with Crippen molar-refractivity contribution in [3.8, 4) is 0 Å². The van der Waals surface area contributed by atoms with Crippen molar-refractivity contribution in [3.05, 3.63) is 30.3 Å². The van der Waals surface area contributed by atoms with Crippen LogP contribution < -0.4 is 10.2 Å². The van der Waals surface area contributed by atoms with Crippen molar-refractivity contribution in [2.45, 2.75) is 37.8 Å². The van der Waals surface area contributed by atoms with Gasteiger partial charge in [0.1, 0.15) is 6.61 Å². The molecular formula is C21H31N3O2. The molecule has 5 heteroatoms. The van der Waals surface area contributed by atoms with Crippen molar-refractivity contribution in [2.75, 3.05) is 44.8 Å². The molecule has 4 rings (SSSR count). The topological polar surface area (TPSA) is 44.8 Å². The summed E-state index contributed by atoms with van der Waals surface area (Å²) in [4.78, 5) is 17.2. The van der Waals surface area contributed by atoms with Crippen molar-refractivity contribution in [3.63, 3.8) is 0 Å². The van der Waals surface area contributed by atoms with Crippen LogP contribution in [-0.2, 0) is 9.53 Å². The number of methoxy groups -OCH3 is 1. The molecule has 0 aromatic heterocycles. The molecule has 5 nitrogen and oxygen atoms in total. The Morgan fingerprint density at radius 2 is 1.85 bits per heavy atom. The molecule has 1 amide bonds. The van der Waals surface area contributed by atoms with E-state index in [1.54, 1.807) is 7.11 Å². The second kappa shape index (κ2) is 7.97. The van der Waals surface area contributed by atoms with E-state index in [4.69, 9.17) is 4.74 Å². The summed E-state index contributed by atoms with van der Waals surface area (Å²) < 4.78 is 4.99. The van der Waals surface area contributed by atoms with Gasteiger partial charge in [0.2, 0.25) is 5.91 Å². The normalized spacial score (nSPS) is 27.7. The maximum absolute atomic E-state index is 12.0. The van der Waals surface area contributed by atoms with E-state index >= 15 is 0 Å². The Morgan fingerprint density at radius 3 is 2.50 bits per heavy atom. The smallest absolute Gasteiger partial charge is 0.246 e. The minimum atomic E-state index is 0.0314. The monoisotopic (exact) mass is 357 g/mol. The van der Waals surface area contributed by atoms with Gasteiger partial charge >= 0.3 is 0 Å². The number of piperidine rings is 1. The summed E-state index contributed by atoms with van der Waals surface area (Å²) in [6, 6.07) is 11.7. The van der Waals surface area contributed by atoms with E-state index in [1.165, 1.54) is 31.4 Å². The Bertz CT molecular complexity index is 597. The van der Waals surface area contributed by atoms with Gasteiger partial charge in [-0.3, -0.25) is 9.69 Å². The van der Waals surface area contributed by atoms with Crippen molar-refractivity contribution < 1.29 is 9.53 Å². The molecule has 3 fully saturated rings. The number of benzene rings is 1. The van der Waals surface area contributed by atoms with Gasteiger partial charge in [0.25, 0.3) is 0 Å². The first-order valence-electron chi connectivity index (χ1n) is 10.1. The third-order valence-corrected chi connectivity index (χ3v) is 6.34. The second-order valence-electron chi connectivity index (χ2n) is 8.12. The fourth-order valence-corrected chi connectivity index (χ4v) is 4.82. The Balaban J connectivity index is 1.33. The highest BCUT2D eigenvalue weighted by Gasteiger charge is 2.44. The molecule has 0 bridgehead atoms. The van der Waals surface area contributed by atoms with Gasteiger partial charge in [-0.1, -0.05) is 18.2 Å². The number of amides is 1. The molecular weight excluding hydrogens is 326 g/mol. The fraction of sp³-hybridized carbons (Fsp3) is 0.667. The first-order chi connectivity index (χ1) is 12.7. The molecule has 1 saturated carbocycles. The lowest BCUT2D eigenvalue weighted by Crippen LogP contribution is -2.46. The number of hydrogen-bond donors (Lipinski definition) is 1. The van der Waals surface area contributed by atoms with Gasteiger partial charge < -0.3 is 15.0 Å². The van der Waals surface area contributed by atoms with Crippen LogP contribution in [0, 0.1) is 11.8 Å². The Kier molecular flexibility index (Phi) is 5.46. The second-order valence-corrected chi connectivity index (χ2v) is 8.12. The molecule has 0 spiro atoms. The molecule has 1 N–H and O–H groups in total. The number of rotatable bonds is 6. The molecule has 1 aromatic carbocycles. The number of carbonyl (C=O) groups is 1. The standard InChI is InChI=1S/C21H31N3O2/c1-26-15-21(25)22-20-14-24(13-19(20)16-7-8-16)18-9-11-23(12-10-18)17-5-3-2-4-6-17/h2-6,16,18-20H,7-15H2,1H3,(H,22,25)/t19-,20+/m0/s1. The third kappa shape index (κ3) is 4.04. The van der Waals surface area contributed by atoms with E-state index in [1.807, 2.05) is 0 Å². The molecule has 0 radical (unpaired) electrons. The zero-order valence-electron chi connectivity index (χ0n) is 15.8. The zero-order valence-corrected chi connectivity index (χ0v) is 15.8. The predicted molar refractivity (Wildman–Crippen MR) is 103 cm³/mol. The Morgan fingerprint density at radius 1 is 1.12 bits per heavy atom. The van der Waals surface area contributed by atoms with Gasteiger partial charge in [-0.15, -0.1) is 0 Å². The first-order valence-corrected chi connectivity index (χ1v) is 10.1. The highest BCUT2D eigenvalue weighted by molar-refractivity contribution is 5.77. The SMILES string of the molecule is COCC(=O)N[C@@H]1CN(C2CCN(c3ccccc3)CC2)C[C@H]1C1CC1. The summed E-state index contributed by atoms with van der Waals surface area (Å²) in [5.41, 5.74) is 1.34. The van der Waals surface area contributed by atoms with Gasteiger partial charge in [-0.25, -0.2) is 0 Å². The summed E-state index contributed by atoms with van der Waals surface area (Å²) in [5, 5.41) is 3.24. The number of likely N-dealkylation sites (tertiary alicyclic amines) is 1. The van der Waals surface area contributed by atoms with Crippen LogP contribution in [0.2, 0.25) is 0 Å². The lowest BCUT2D eigenvalue weighted by atomic mass is 9.98. The molecule has 2 saturated heterocycles. The van der Waals surface area contributed by atoms with Crippen LogP contribution in [0.15, 0.2) is 30.3 Å². The van der Waals surface area contributed by atoms with Gasteiger partial charge in [0, 0.05) is 51.1 Å². The minimum Gasteiger partial charge on any atom is -0.375 e. The van der Waals surface area contributed by atoms with Crippen molar-refractivity contribution in [2.24, 2.45) is 11.8 Å². The fourth-order valence-electron chi connectivity index (χ4n) is 4.82. The minimum absolute atomic E-state index is 0.0314. The molecule has 3 aliphatic rings. The zero-order chi connectivity index (χ0) is 17.9. The van der Waals surface area contributed by atoms with E-state index in [9.17, 15) is 4.79 Å². The van der Waals surface area contributed by atoms with Crippen LogP contribution in [0.3, 0.4) is 0 Å². The van der Waals surface area contributed by atoms with Crippen LogP contribution in [-0.4, -0.2) is 62.8 Å². The molecule has 2 heterocycles. The molecule has 142 valence electrons. The molecule has 1 aliphatic carbocycles. The van der Waals surface area contributed by atoms with Crippen LogP contribution in [0.25, 0.3) is 0 Å². The van der Waals surface area contributed by atoms with Gasteiger partial charge in [0.15, 0.2) is 0 Å². The van der Waals surface area contributed by atoms with Crippen molar-refractivity contribution >= 4 is 11.6 Å². The van der Waals surface area contributed by atoms with Gasteiger partial charge in [-0.2, -0.15) is 0 Å². The maximum Gasteiger partial charge on any atom is 0.246 e. The summed E-state index contributed by atoms with van der Waals surface area (Å²) in [6.45, 7) is 4.58. The third-order valence-electron chi connectivity index (χ3n) is 6.34. The van der Waals surface area contributed by atoms with Crippen LogP contribution in [0.4, 0.5) is 5.69 Å². The number of nitrogens with one attached hydrogen (secondary N) is 1. The van der Waals surface area contributed by atoms with E-state index in [2.05, 4.69) is 45.4 Å². The van der Waals surface area contributed by atoms with Crippen molar-refractivity contribution in [1.29, 1.82) is 0 Å². The molecule has 2 aliphatic heterocycles. The summed E-state index contributed by atoms with van der Waals surface area (Å²) in [5.74, 6) is 1.48. The Hall–Kier alpha value is -1.59. The van der Waals surface area contributed by atoms with Crippen molar-refractivity contribution in [1.82, 2.24) is 10.2 Å². The van der Waals surface area contributed by atoms with Crippen LogP contribution >= 0.6 is 0 Å². The highest BCUT2D eigenvalue weighted by atomic mass is 16.5. The summed E-state index contributed by atoms with van der Waals surface area (Å²) in [6.07, 6.45) is 5.10. The largest absolute Gasteiger partial charge is 0.375 e. The summed E-state index contributed by atoms with van der Waals surface area (Å²) >= 11 is 0. The molecule has 26 heavy (non-hydrogen) atoms. The molecule has 0 unspecified atom stereocenters. The average Bonchev–Trinajstić information content (AvgIpc) is 3.43. The van der Waals surface area contributed by atoms with Gasteiger partial charge in [0.05, 0.1) is 0 Å². The maximum atomic E-state index is 12.0.